The van der Waals surface area contributed by atoms with Crippen molar-refractivity contribution in [3.63, 3.8) is 0 Å². The van der Waals surface area contributed by atoms with Gasteiger partial charge in [-0.05, 0) is 37.6 Å². The van der Waals surface area contributed by atoms with Crippen LogP contribution >= 0.6 is 23.2 Å². The van der Waals surface area contributed by atoms with Gasteiger partial charge in [-0.1, -0.05) is 53.5 Å². The van der Waals surface area contributed by atoms with Crippen molar-refractivity contribution in [1.82, 2.24) is 14.7 Å². The van der Waals surface area contributed by atoms with Crippen molar-refractivity contribution < 1.29 is 4.79 Å². The Morgan fingerprint density at radius 2 is 1.70 bits per heavy atom. The molecule has 2 aromatic carbocycles. The van der Waals surface area contributed by atoms with Crippen LogP contribution in [-0.2, 0) is 6.54 Å². The number of amides is 1. The molecule has 0 saturated heterocycles. The van der Waals surface area contributed by atoms with Gasteiger partial charge in [0.25, 0.3) is 5.91 Å². The minimum atomic E-state index is -0.00740. The lowest BCUT2D eigenvalue weighted by Crippen LogP contribution is -2.44. The number of nitrogens with zero attached hydrogens (tertiary/aromatic N) is 3. The van der Waals surface area contributed by atoms with Crippen molar-refractivity contribution in [2.45, 2.75) is 26.4 Å². The van der Waals surface area contributed by atoms with Crippen molar-refractivity contribution in [3.05, 3.63) is 64.3 Å². The van der Waals surface area contributed by atoms with Crippen LogP contribution in [0.4, 0.5) is 0 Å². The molecule has 3 aromatic rings. The van der Waals surface area contributed by atoms with Crippen LogP contribution < -0.4 is 0 Å². The zero-order valence-corrected chi connectivity index (χ0v) is 16.6. The van der Waals surface area contributed by atoms with E-state index in [2.05, 4.69) is 0 Å². The molecular formula is C21H19Cl2N3O. The summed E-state index contributed by atoms with van der Waals surface area (Å²) in [5, 5.41) is 6.03. The van der Waals surface area contributed by atoms with Crippen LogP contribution in [0.25, 0.3) is 22.4 Å². The number of rotatable bonds is 3. The lowest BCUT2D eigenvalue weighted by molar-refractivity contribution is 0.0643. The van der Waals surface area contributed by atoms with E-state index in [-0.39, 0.29) is 11.9 Å². The van der Waals surface area contributed by atoms with Gasteiger partial charge in [-0.25, -0.2) is 0 Å². The Kier molecular flexibility index (Phi) is 4.70. The summed E-state index contributed by atoms with van der Waals surface area (Å²) in [5.74, 6) is -0.00740. The van der Waals surface area contributed by atoms with Gasteiger partial charge in [0, 0.05) is 28.7 Å². The molecule has 0 spiro atoms. The van der Waals surface area contributed by atoms with E-state index in [9.17, 15) is 4.79 Å². The highest BCUT2D eigenvalue weighted by molar-refractivity contribution is 6.33. The molecule has 138 valence electrons. The maximum absolute atomic E-state index is 13.3. The summed E-state index contributed by atoms with van der Waals surface area (Å²) in [6, 6.07) is 15.2. The predicted octanol–water partition coefficient (Wildman–Crippen LogP) is 5.39. The Morgan fingerprint density at radius 1 is 1.00 bits per heavy atom. The highest BCUT2D eigenvalue weighted by Gasteiger charge is 2.33. The van der Waals surface area contributed by atoms with Gasteiger partial charge in [-0.2, -0.15) is 5.10 Å². The third-order valence-electron chi connectivity index (χ3n) is 4.85. The number of benzene rings is 2. The van der Waals surface area contributed by atoms with Crippen molar-refractivity contribution in [2.75, 3.05) is 6.54 Å². The normalized spacial score (nSPS) is 14.0. The number of hydrogen-bond acceptors (Lipinski definition) is 2. The van der Waals surface area contributed by atoms with Gasteiger partial charge in [-0.3, -0.25) is 9.48 Å². The molecular weight excluding hydrogens is 381 g/mol. The van der Waals surface area contributed by atoms with Gasteiger partial charge >= 0.3 is 0 Å². The lowest BCUT2D eigenvalue weighted by Gasteiger charge is -2.31. The number of halogens is 2. The highest BCUT2D eigenvalue weighted by Crippen LogP contribution is 2.39. The zero-order valence-electron chi connectivity index (χ0n) is 15.1. The van der Waals surface area contributed by atoms with E-state index in [0.29, 0.717) is 28.8 Å². The number of aromatic nitrogens is 2. The Hall–Kier alpha value is -2.30. The molecule has 0 N–H and O–H groups in total. The molecule has 4 nitrogen and oxygen atoms in total. The van der Waals surface area contributed by atoms with Crippen molar-refractivity contribution >= 4 is 29.1 Å². The van der Waals surface area contributed by atoms with Gasteiger partial charge in [0.2, 0.25) is 0 Å². The van der Waals surface area contributed by atoms with Crippen LogP contribution in [0.15, 0.2) is 48.5 Å². The molecule has 0 fully saturated rings. The second-order valence-corrected chi connectivity index (χ2v) is 7.72. The summed E-state index contributed by atoms with van der Waals surface area (Å²) in [6.07, 6.45) is 0. The second-order valence-electron chi connectivity index (χ2n) is 6.87. The molecule has 27 heavy (non-hydrogen) atoms. The van der Waals surface area contributed by atoms with E-state index in [4.69, 9.17) is 28.3 Å². The summed E-state index contributed by atoms with van der Waals surface area (Å²) in [4.78, 5) is 15.1. The standard InChI is InChI=1S/C21H19Cl2N3O/c1-13(2)25-11-12-26-20(21(25)27)18(14-7-9-15(22)10-8-14)19(24-26)16-5-3-4-6-17(16)23/h3-10,13H,11-12H2,1-2H3. The number of fused-ring (bicyclic) bond motifs is 1. The number of carbonyl (C=O) groups excluding carboxylic acids is 1. The van der Waals surface area contributed by atoms with Gasteiger partial charge in [0.1, 0.15) is 11.4 Å². The van der Waals surface area contributed by atoms with Gasteiger partial charge in [0.05, 0.1) is 11.6 Å². The average molecular weight is 400 g/mol. The molecule has 0 bridgehead atoms. The monoisotopic (exact) mass is 399 g/mol. The zero-order chi connectivity index (χ0) is 19.1. The van der Waals surface area contributed by atoms with Crippen molar-refractivity contribution in [3.8, 4) is 22.4 Å². The van der Waals surface area contributed by atoms with E-state index >= 15 is 0 Å². The quantitative estimate of drug-likeness (QED) is 0.592. The van der Waals surface area contributed by atoms with Crippen molar-refractivity contribution in [2.24, 2.45) is 0 Å². The lowest BCUT2D eigenvalue weighted by atomic mass is 9.97. The fourth-order valence-electron chi connectivity index (χ4n) is 3.51. The highest BCUT2D eigenvalue weighted by atomic mass is 35.5. The summed E-state index contributed by atoms with van der Waals surface area (Å²) < 4.78 is 1.81. The van der Waals surface area contributed by atoms with Crippen molar-refractivity contribution in [1.29, 1.82) is 0 Å². The van der Waals surface area contributed by atoms with E-state index < -0.39 is 0 Å². The average Bonchev–Trinajstić information content (AvgIpc) is 3.03. The molecule has 0 radical (unpaired) electrons. The van der Waals surface area contributed by atoms with Crippen LogP contribution in [0.1, 0.15) is 24.3 Å². The Bertz CT molecular complexity index is 1010. The minimum absolute atomic E-state index is 0.00740. The molecule has 1 aliphatic rings. The molecule has 4 rings (SSSR count). The summed E-state index contributed by atoms with van der Waals surface area (Å²) in [6.45, 7) is 5.36. The number of carbonyl (C=O) groups is 1. The summed E-state index contributed by atoms with van der Waals surface area (Å²) >= 11 is 12.5. The summed E-state index contributed by atoms with van der Waals surface area (Å²) in [7, 11) is 0. The van der Waals surface area contributed by atoms with Crippen LogP contribution in [-0.4, -0.2) is 33.2 Å². The van der Waals surface area contributed by atoms with Gasteiger partial charge < -0.3 is 4.90 Å². The molecule has 1 aromatic heterocycles. The molecule has 1 aliphatic heterocycles. The van der Waals surface area contributed by atoms with E-state index in [1.807, 2.05) is 72.0 Å². The smallest absolute Gasteiger partial charge is 0.273 e. The topological polar surface area (TPSA) is 38.1 Å². The largest absolute Gasteiger partial charge is 0.333 e. The van der Waals surface area contributed by atoms with E-state index in [0.717, 1.165) is 22.4 Å². The maximum Gasteiger partial charge on any atom is 0.273 e. The number of hydrogen-bond donors (Lipinski definition) is 0. The fourth-order valence-corrected chi connectivity index (χ4v) is 3.86. The van der Waals surface area contributed by atoms with Crippen LogP contribution in [0.5, 0.6) is 0 Å². The van der Waals surface area contributed by atoms with Gasteiger partial charge in [-0.15, -0.1) is 0 Å². The first-order valence-electron chi connectivity index (χ1n) is 8.90. The summed E-state index contributed by atoms with van der Waals surface area (Å²) in [5.41, 5.74) is 3.84. The Morgan fingerprint density at radius 3 is 2.37 bits per heavy atom. The Labute approximate surface area is 168 Å². The van der Waals surface area contributed by atoms with Crippen LogP contribution in [0.2, 0.25) is 10.0 Å². The molecule has 0 unspecified atom stereocenters. The molecule has 1 amide bonds. The first-order valence-corrected chi connectivity index (χ1v) is 9.65. The van der Waals surface area contributed by atoms with Crippen LogP contribution in [0, 0.1) is 0 Å². The third-order valence-corrected chi connectivity index (χ3v) is 5.44. The molecule has 0 aliphatic carbocycles. The minimum Gasteiger partial charge on any atom is -0.333 e. The molecule has 0 saturated carbocycles. The SMILES string of the molecule is CC(C)N1CCn2nc(-c3ccccc3Cl)c(-c3ccc(Cl)cc3)c2C1=O. The molecule has 2 heterocycles. The second kappa shape index (κ2) is 7.02. The van der Waals surface area contributed by atoms with E-state index in [1.165, 1.54) is 0 Å². The van der Waals surface area contributed by atoms with Gasteiger partial charge in [0.15, 0.2) is 0 Å². The van der Waals surface area contributed by atoms with E-state index in [1.54, 1.807) is 0 Å². The predicted molar refractivity (Wildman–Crippen MR) is 109 cm³/mol. The molecule has 6 heteroatoms. The first-order chi connectivity index (χ1) is 13.0. The van der Waals surface area contributed by atoms with Crippen LogP contribution in [0.3, 0.4) is 0 Å². The third kappa shape index (κ3) is 3.13. The fraction of sp³-hybridized carbons (Fsp3) is 0.238. The maximum atomic E-state index is 13.3. The molecule has 0 atom stereocenters. The first kappa shape index (κ1) is 18.1. The Balaban J connectivity index is 1.99.